The number of rotatable bonds is 13. The van der Waals surface area contributed by atoms with Gasteiger partial charge < -0.3 is 9.64 Å². The van der Waals surface area contributed by atoms with Crippen molar-refractivity contribution in [1.82, 2.24) is 0 Å². The van der Waals surface area contributed by atoms with Gasteiger partial charge in [0.25, 0.3) is 6.71 Å². The fraction of sp³-hybridized carbons (Fsp3) is 0.0455. The lowest BCUT2D eigenvalue weighted by atomic mass is 9.34. The van der Waals surface area contributed by atoms with Crippen LogP contribution in [0.15, 0.2) is 358 Å². The summed E-state index contributed by atoms with van der Waals surface area (Å²) >= 11 is 0. The van der Waals surface area contributed by atoms with Gasteiger partial charge in [-0.25, -0.2) is 0 Å². The zero-order valence-electron chi connectivity index (χ0n) is 57.1. The summed E-state index contributed by atoms with van der Waals surface area (Å²) in [7, 11) is -7.07. The molecule has 442 valence electrons. The number of ether oxygens (including phenoxy) is 1. The van der Waals surface area contributed by atoms with Gasteiger partial charge in [0.05, 0.1) is 12.5 Å². The second-order valence-corrected chi connectivity index (χ2v) is 33.1. The van der Waals surface area contributed by atoms with Crippen LogP contribution in [0, 0.1) is 0 Å². The van der Waals surface area contributed by atoms with Crippen LogP contribution in [-0.2, 0) is 5.41 Å². The third kappa shape index (κ3) is 9.86. The van der Waals surface area contributed by atoms with Gasteiger partial charge in [0.1, 0.15) is 11.5 Å². The van der Waals surface area contributed by atoms with Crippen LogP contribution in [0.1, 0.15) is 33.2 Å². The molecule has 0 fully saturated rings. The molecule has 0 saturated heterocycles. The number of para-hydroxylation sites is 1. The third-order valence-corrected chi connectivity index (χ3v) is 28.7. The van der Waals surface area contributed by atoms with Crippen molar-refractivity contribution in [3.63, 3.8) is 0 Å². The molecule has 0 amide bonds. The first-order chi connectivity index (χ1) is 47.8. The number of fused-ring (bicyclic) bond motifs is 4. The van der Waals surface area contributed by atoms with E-state index in [-0.39, 0.29) is 41.9 Å². The van der Waals surface area contributed by atoms with Gasteiger partial charge in [-0.15, -0.1) is 0 Å². The van der Waals surface area contributed by atoms with Crippen LogP contribution in [0.25, 0.3) is 44.5 Å². The first-order valence-corrected chi connectivity index (χ1v) is 36.1. The van der Waals surface area contributed by atoms with E-state index in [1.807, 2.05) is 12.1 Å². The van der Waals surface area contributed by atoms with Gasteiger partial charge in [0.2, 0.25) is 0 Å². The molecular weight excluding hydrogens is 1150 g/mol. The van der Waals surface area contributed by atoms with Crippen LogP contribution in [0.4, 0.5) is 17.1 Å². The van der Waals surface area contributed by atoms with E-state index in [2.05, 4.69) is 341 Å². The van der Waals surface area contributed by atoms with E-state index in [0.29, 0.717) is 5.56 Å². The lowest BCUT2D eigenvalue weighted by Gasteiger charge is -2.44. The zero-order valence-corrected chi connectivity index (χ0v) is 54.1. The van der Waals surface area contributed by atoms with Crippen molar-refractivity contribution in [2.75, 3.05) is 4.90 Å². The summed E-state index contributed by atoms with van der Waals surface area (Å²) < 4.78 is 53.0. The second kappa shape index (κ2) is 23.8. The molecule has 0 bridgehead atoms. The van der Waals surface area contributed by atoms with Gasteiger partial charge in [-0.2, -0.15) is 0 Å². The molecule has 0 aliphatic carbocycles. The molecule has 2 aliphatic rings. The molecule has 0 unspecified atom stereocenters. The summed E-state index contributed by atoms with van der Waals surface area (Å²) in [5.41, 5.74) is 14.5. The molecule has 93 heavy (non-hydrogen) atoms. The number of hydrogen-bond donors (Lipinski definition) is 0. The Kier molecular flexibility index (Phi) is 13.3. The lowest BCUT2D eigenvalue weighted by Crippen LogP contribution is -2.75. The quantitative estimate of drug-likeness (QED) is 0.0843. The van der Waals surface area contributed by atoms with Crippen molar-refractivity contribution in [3.8, 4) is 56.0 Å². The summed E-state index contributed by atoms with van der Waals surface area (Å²) in [5.74, 6) is 1.56. The Morgan fingerprint density at radius 3 is 1.24 bits per heavy atom. The lowest BCUT2D eigenvalue weighted by molar-refractivity contribution is 0.483. The fourth-order valence-corrected chi connectivity index (χ4v) is 24.6. The van der Waals surface area contributed by atoms with Gasteiger partial charge in [-0.3, -0.25) is 0 Å². The van der Waals surface area contributed by atoms with E-state index >= 15 is 0 Å². The first-order valence-electron chi connectivity index (χ1n) is 34.6. The average Bonchev–Trinajstić information content (AvgIpc) is 0.692. The molecule has 16 rings (SSSR count). The van der Waals surface area contributed by atoms with Crippen LogP contribution in [0.5, 0.6) is 11.5 Å². The molecule has 2 nitrogen and oxygen atoms in total. The minimum absolute atomic E-state index is 0.154. The van der Waals surface area contributed by atoms with Crippen LogP contribution >= 0.6 is 0 Å². The molecule has 0 radical (unpaired) electrons. The Morgan fingerprint density at radius 2 is 0.731 bits per heavy atom. The average molecular weight is 1230 g/mol. The topological polar surface area (TPSA) is 12.5 Å². The Balaban J connectivity index is 1.09. The van der Waals surface area contributed by atoms with E-state index in [1.165, 1.54) is 20.7 Å². The first kappa shape index (κ1) is 51.9. The van der Waals surface area contributed by atoms with Gasteiger partial charge >= 0.3 is 0 Å². The monoisotopic (exact) mass is 1230 g/mol. The standard InChI is InChI=1S/C88H68BNOSi2/c1-88(2,3)69-53-55-81-84(59-69)91-85-62-77(93(72-45-24-10-25-46-72,73-47-26-11-27-48-73)75-50-29-40-68(58-75)64-33-14-5-15-34-64)61-83-86(85)89(81)80-56-54-76(60-82(80)90(83)87-78(65-35-16-6-17-36-65)51-30-52-79(87)66-37-18-7-19-38-66)92(70-41-20-8-21-42-70,71-43-22-9-23-44-71)74-49-28-39-67(57-74)63-31-12-4-13-32-63/h4-62H,1-3H3/i5D,14D,15D,33D,34D. The number of hydrogen-bond acceptors (Lipinski definition) is 2. The Labute approximate surface area is 556 Å². The normalized spacial score (nSPS) is 13.3. The smallest absolute Gasteiger partial charge is 0.256 e. The van der Waals surface area contributed by atoms with Crippen molar-refractivity contribution in [1.29, 1.82) is 0 Å². The van der Waals surface area contributed by atoms with Crippen molar-refractivity contribution >= 4 is 97.8 Å². The summed E-state index contributed by atoms with van der Waals surface area (Å²) in [5, 5.41) is 9.20. The molecule has 5 heteroatoms. The molecule has 0 N–H and O–H groups in total. The number of benzene rings is 14. The van der Waals surface area contributed by atoms with E-state index < -0.39 is 22.2 Å². The van der Waals surface area contributed by atoms with Crippen molar-refractivity contribution in [3.05, 3.63) is 363 Å². The maximum atomic E-state index is 9.37. The Bertz CT molecular complexity index is 5190. The second-order valence-electron chi connectivity index (χ2n) is 25.5. The van der Waals surface area contributed by atoms with E-state index in [0.717, 1.165) is 105 Å². The largest absolute Gasteiger partial charge is 0.458 e. The molecule has 2 aliphatic heterocycles. The summed E-state index contributed by atoms with van der Waals surface area (Å²) in [4.78, 5) is 2.61. The maximum absolute atomic E-state index is 9.37. The maximum Gasteiger partial charge on any atom is 0.256 e. The number of anilines is 3. The SMILES string of the molecule is [2H]c1c([2H])c([2H])c(-c2cccc([Si](c3ccccc3)(c3ccccc3)c3cc4c5c(c3)N(c3c(-c6ccccc6)cccc3-c3ccccc3)c3cc([Si](c6ccccc6)(c6ccccc6)c6cccc(-c7ccccc7)c6)ccc3B5c3ccc(C(C)(C)C)cc3O4)c2)c([2H])c1[2H]. The van der Waals surface area contributed by atoms with Crippen LogP contribution in [-0.4, -0.2) is 22.9 Å². The number of nitrogens with zero attached hydrogens (tertiary/aromatic N) is 1. The molecule has 0 aromatic heterocycles. The third-order valence-electron chi connectivity index (χ3n) is 19.3. The van der Waals surface area contributed by atoms with Gasteiger partial charge in [-0.1, -0.05) is 354 Å². The highest BCUT2D eigenvalue weighted by molar-refractivity contribution is 7.21. The predicted molar refractivity (Wildman–Crippen MR) is 400 cm³/mol. The van der Waals surface area contributed by atoms with E-state index in [9.17, 15) is 2.74 Å². The van der Waals surface area contributed by atoms with Crippen molar-refractivity contribution < 1.29 is 11.6 Å². The van der Waals surface area contributed by atoms with Crippen LogP contribution < -0.4 is 67.5 Å². The highest BCUT2D eigenvalue weighted by atomic mass is 28.3. The minimum Gasteiger partial charge on any atom is -0.458 e. The summed E-state index contributed by atoms with van der Waals surface area (Å²) in [6.45, 7) is 6.47. The summed E-state index contributed by atoms with van der Waals surface area (Å²) in [6.07, 6.45) is 0. The molecule has 0 atom stereocenters. The van der Waals surface area contributed by atoms with Crippen LogP contribution in [0.2, 0.25) is 0 Å². The molecule has 0 spiro atoms. The van der Waals surface area contributed by atoms with Gasteiger partial charge in [0.15, 0.2) is 16.1 Å². The fourth-order valence-electron chi connectivity index (χ4n) is 15.0. The molecule has 0 saturated carbocycles. The molecular formula is C88H68BNOSi2. The highest BCUT2D eigenvalue weighted by Crippen LogP contribution is 2.49. The Morgan fingerprint density at radius 1 is 0.323 bits per heavy atom. The van der Waals surface area contributed by atoms with E-state index in [1.54, 1.807) is 0 Å². The van der Waals surface area contributed by atoms with Crippen molar-refractivity contribution in [2.45, 2.75) is 26.2 Å². The Hall–Kier alpha value is -10.8. The minimum atomic E-state index is -3.71. The molecule has 2 heterocycles. The van der Waals surface area contributed by atoms with E-state index in [4.69, 9.17) is 8.85 Å². The predicted octanol–water partition coefficient (Wildman–Crippen LogP) is 14.8. The van der Waals surface area contributed by atoms with Crippen molar-refractivity contribution in [2.24, 2.45) is 0 Å². The molecule has 14 aromatic rings. The van der Waals surface area contributed by atoms with Gasteiger partial charge in [-0.05, 0) is 127 Å². The molecule has 14 aromatic carbocycles. The highest BCUT2D eigenvalue weighted by Gasteiger charge is 2.49. The van der Waals surface area contributed by atoms with Gasteiger partial charge in [0, 0.05) is 22.5 Å². The van der Waals surface area contributed by atoms with Crippen LogP contribution in [0.3, 0.4) is 0 Å². The summed E-state index contributed by atoms with van der Waals surface area (Å²) in [6, 6.07) is 118. The zero-order chi connectivity index (χ0) is 66.9.